The molecule has 0 rings (SSSR count). The van der Waals surface area contributed by atoms with Crippen molar-refractivity contribution in [3.63, 3.8) is 0 Å². The van der Waals surface area contributed by atoms with E-state index in [1.54, 1.807) is 0 Å². The van der Waals surface area contributed by atoms with Crippen LogP contribution in [-0.4, -0.2) is 49.1 Å². The molecule has 0 atom stereocenters. The smallest absolute Gasteiger partial charge is 0.377 e. The summed E-state index contributed by atoms with van der Waals surface area (Å²) in [4.78, 5) is 3.28. The summed E-state index contributed by atoms with van der Waals surface area (Å²) in [6, 6.07) is 0.550. The topological polar surface area (TPSA) is 40.0 Å². The highest BCUT2D eigenvalue weighted by Crippen LogP contribution is 2.16. The largest absolute Gasteiger partial charge is 0.500 e. The Labute approximate surface area is 100 Å². The van der Waals surface area contributed by atoms with Crippen LogP contribution in [0, 0.1) is 0 Å². The summed E-state index contributed by atoms with van der Waals surface area (Å²) < 4.78 is 50.8. The fourth-order valence-corrected chi connectivity index (χ4v) is 2.97. The van der Waals surface area contributed by atoms with Crippen LogP contribution in [-0.2, 0) is 13.3 Å². The summed E-state index contributed by atoms with van der Waals surface area (Å²) in [6.45, 7) is -1.13. The Balaban J connectivity index is 3.83. The van der Waals surface area contributed by atoms with Crippen molar-refractivity contribution in [2.24, 2.45) is 4.99 Å². The first kappa shape index (κ1) is 16.6. The number of alkyl halides is 3. The molecule has 0 N–H and O–H groups in total. The van der Waals surface area contributed by atoms with Gasteiger partial charge >= 0.3 is 15.0 Å². The molecule has 0 aliphatic carbocycles. The third-order valence-corrected chi connectivity index (χ3v) is 4.98. The molecule has 0 unspecified atom stereocenters. The monoisotopic (exact) mass is 273 g/mol. The van der Waals surface area contributed by atoms with Gasteiger partial charge in [-0.1, -0.05) is 0 Å². The summed E-state index contributed by atoms with van der Waals surface area (Å²) in [6.07, 6.45) is -1.90. The third kappa shape index (κ3) is 7.48. The van der Waals surface area contributed by atoms with Crippen LogP contribution in [0.1, 0.15) is 12.8 Å². The molecule has 0 amide bonds. The number of halogens is 3. The number of hydrogen-bond donors (Lipinski definition) is 0. The maximum absolute atomic E-state index is 11.8. The second-order valence-electron chi connectivity index (χ2n) is 3.33. The van der Waals surface area contributed by atoms with Gasteiger partial charge in [0.2, 0.25) is 0 Å². The maximum atomic E-state index is 11.8. The standard InChI is InChI=1S/C9H18F3NO3Si/c1-14-17(15-2,16-3)7-5-4-6-13-8-9(10,11)12/h6H,4-5,7-8H2,1-3H3. The third-order valence-electron chi connectivity index (χ3n) is 2.15. The van der Waals surface area contributed by atoms with Crippen LogP contribution in [0.25, 0.3) is 0 Å². The fraction of sp³-hybridized carbons (Fsp3) is 0.889. The molecular weight excluding hydrogens is 255 g/mol. The number of unbranched alkanes of at least 4 members (excludes halogenated alkanes) is 1. The lowest BCUT2D eigenvalue weighted by molar-refractivity contribution is -0.118. The van der Waals surface area contributed by atoms with Gasteiger partial charge in [0, 0.05) is 27.4 Å². The van der Waals surface area contributed by atoms with Crippen LogP contribution in [0.15, 0.2) is 4.99 Å². The zero-order chi connectivity index (χ0) is 13.4. The first-order chi connectivity index (χ1) is 7.89. The van der Waals surface area contributed by atoms with Gasteiger partial charge in [-0.25, -0.2) is 0 Å². The average molecular weight is 273 g/mol. The van der Waals surface area contributed by atoms with Crippen molar-refractivity contribution < 1.29 is 26.4 Å². The first-order valence-corrected chi connectivity index (χ1v) is 7.03. The Hall–Kier alpha value is -0.443. The van der Waals surface area contributed by atoms with Gasteiger partial charge in [-0.2, -0.15) is 13.2 Å². The predicted octanol–water partition coefficient (Wildman–Crippen LogP) is 2.28. The van der Waals surface area contributed by atoms with E-state index >= 15 is 0 Å². The Morgan fingerprint density at radius 2 is 1.65 bits per heavy atom. The highest BCUT2D eigenvalue weighted by atomic mass is 28.4. The highest BCUT2D eigenvalue weighted by molar-refractivity contribution is 6.60. The molecule has 17 heavy (non-hydrogen) atoms. The van der Waals surface area contributed by atoms with Crippen LogP contribution >= 0.6 is 0 Å². The molecule has 0 aromatic heterocycles. The number of hydrogen-bond acceptors (Lipinski definition) is 4. The predicted molar refractivity (Wildman–Crippen MR) is 60.2 cm³/mol. The van der Waals surface area contributed by atoms with Crippen molar-refractivity contribution in [1.29, 1.82) is 0 Å². The number of aliphatic imine (C=N–C) groups is 1. The zero-order valence-electron chi connectivity index (χ0n) is 10.2. The molecular formula is C9H18F3NO3Si. The van der Waals surface area contributed by atoms with Crippen molar-refractivity contribution in [2.45, 2.75) is 25.1 Å². The minimum atomic E-state index is -4.24. The lowest BCUT2D eigenvalue weighted by Gasteiger charge is -2.23. The van der Waals surface area contributed by atoms with E-state index in [1.807, 2.05) is 0 Å². The quantitative estimate of drug-likeness (QED) is 0.387. The van der Waals surface area contributed by atoms with E-state index in [0.717, 1.165) is 0 Å². The molecule has 0 spiro atoms. The normalized spacial score (nSPS) is 13.5. The molecule has 0 aliphatic rings. The second-order valence-corrected chi connectivity index (χ2v) is 6.42. The Bertz CT molecular complexity index is 224. The van der Waals surface area contributed by atoms with E-state index < -0.39 is 21.5 Å². The molecule has 4 nitrogen and oxygen atoms in total. The van der Waals surface area contributed by atoms with Crippen LogP contribution in [0.5, 0.6) is 0 Å². The second kappa shape index (κ2) is 7.80. The fourth-order valence-electron chi connectivity index (χ4n) is 1.23. The molecule has 0 saturated carbocycles. The van der Waals surface area contributed by atoms with Gasteiger partial charge in [0.1, 0.15) is 6.54 Å². The van der Waals surface area contributed by atoms with Crippen LogP contribution in [0.3, 0.4) is 0 Å². The van der Waals surface area contributed by atoms with Gasteiger partial charge in [-0.05, 0) is 19.1 Å². The van der Waals surface area contributed by atoms with Crippen LogP contribution in [0.4, 0.5) is 13.2 Å². The van der Waals surface area contributed by atoms with Gasteiger partial charge in [-0.3, -0.25) is 4.99 Å². The average Bonchev–Trinajstić information content (AvgIpc) is 2.28. The van der Waals surface area contributed by atoms with E-state index in [9.17, 15) is 13.2 Å². The van der Waals surface area contributed by atoms with Crippen molar-refractivity contribution in [2.75, 3.05) is 27.9 Å². The SMILES string of the molecule is CO[Si](CCCC=NCC(F)(F)F)(OC)OC. The Kier molecular flexibility index (Phi) is 7.60. The summed E-state index contributed by atoms with van der Waals surface area (Å²) >= 11 is 0. The number of nitrogens with zero attached hydrogens (tertiary/aromatic N) is 1. The van der Waals surface area contributed by atoms with Crippen molar-refractivity contribution in [3.05, 3.63) is 0 Å². The van der Waals surface area contributed by atoms with E-state index in [2.05, 4.69) is 4.99 Å². The maximum Gasteiger partial charge on any atom is 0.500 e. The van der Waals surface area contributed by atoms with E-state index in [4.69, 9.17) is 13.3 Å². The van der Waals surface area contributed by atoms with E-state index in [1.165, 1.54) is 27.5 Å². The summed E-state index contributed by atoms with van der Waals surface area (Å²) in [5, 5.41) is 0. The van der Waals surface area contributed by atoms with Gasteiger partial charge in [-0.15, -0.1) is 0 Å². The lowest BCUT2D eigenvalue weighted by atomic mass is 10.4. The molecule has 0 heterocycles. The van der Waals surface area contributed by atoms with Crippen molar-refractivity contribution in [3.8, 4) is 0 Å². The van der Waals surface area contributed by atoms with Gasteiger partial charge in [0.25, 0.3) is 0 Å². The molecule has 0 radical (unpaired) electrons. The minimum Gasteiger partial charge on any atom is -0.377 e. The molecule has 0 bridgehead atoms. The molecule has 0 fully saturated rings. The van der Waals surface area contributed by atoms with Gasteiger partial charge < -0.3 is 13.3 Å². The van der Waals surface area contributed by atoms with E-state index in [0.29, 0.717) is 18.9 Å². The van der Waals surface area contributed by atoms with E-state index in [-0.39, 0.29) is 0 Å². The molecule has 102 valence electrons. The molecule has 0 aliphatic heterocycles. The minimum absolute atomic E-state index is 0.445. The zero-order valence-corrected chi connectivity index (χ0v) is 11.2. The Morgan fingerprint density at radius 3 is 2.06 bits per heavy atom. The summed E-state index contributed by atoms with van der Waals surface area (Å²) in [5.41, 5.74) is 0. The number of rotatable bonds is 8. The van der Waals surface area contributed by atoms with Gasteiger partial charge in [0.15, 0.2) is 0 Å². The van der Waals surface area contributed by atoms with Crippen LogP contribution in [0.2, 0.25) is 6.04 Å². The van der Waals surface area contributed by atoms with Gasteiger partial charge in [0.05, 0.1) is 0 Å². The van der Waals surface area contributed by atoms with Crippen molar-refractivity contribution >= 4 is 15.0 Å². The molecule has 0 aromatic rings. The Morgan fingerprint density at radius 1 is 1.12 bits per heavy atom. The van der Waals surface area contributed by atoms with Crippen molar-refractivity contribution in [1.82, 2.24) is 0 Å². The molecule has 8 heteroatoms. The lowest BCUT2D eigenvalue weighted by Crippen LogP contribution is -2.42. The summed E-state index contributed by atoms with van der Waals surface area (Å²) in [7, 11) is 1.89. The summed E-state index contributed by atoms with van der Waals surface area (Å²) in [5.74, 6) is 0. The highest BCUT2D eigenvalue weighted by Gasteiger charge is 2.36. The first-order valence-electron chi connectivity index (χ1n) is 5.09. The molecule has 0 aromatic carbocycles. The van der Waals surface area contributed by atoms with Crippen LogP contribution < -0.4 is 0 Å². The molecule has 0 saturated heterocycles.